The number of hydrogen-bond donors (Lipinski definition) is 0. The Morgan fingerprint density at radius 2 is 1.00 bits per heavy atom. The van der Waals surface area contributed by atoms with Gasteiger partial charge < -0.3 is 4.57 Å². The molecular formula is C58H42N4. The van der Waals surface area contributed by atoms with E-state index in [4.69, 9.17) is 9.97 Å². The van der Waals surface area contributed by atoms with Gasteiger partial charge >= 0.3 is 0 Å². The molecule has 0 unspecified atom stereocenters. The molecule has 0 atom stereocenters. The number of nitrogens with zero attached hydrogens (tertiary/aromatic N) is 4. The van der Waals surface area contributed by atoms with Gasteiger partial charge in [-0.25, -0.2) is 9.97 Å². The average Bonchev–Trinajstić information content (AvgIpc) is 3.97. The monoisotopic (exact) mass is 794 g/mol. The maximum Gasteiger partial charge on any atom is 0.235 e. The molecule has 0 aliphatic heterocycles. The predicted octanol–water partition coefficient (Wildman–Crippen LogP) is 14.6. The summed E-state index contributed by atoms with van der Waals surface area (Å²) >= 11 is 0. The molecule has 2 aliphatic carbocycles. The molecular weight excluding hydrogens is 753 g/mol. The first-order chi connectivity index (χ1) is 30.3. The van der Waals surface area contributed by atoms with Gasteiger partial charge in [0.15, 0.2) is 0 Å². The lowest BCUT2D eigenvalue weighted by Crippen LogP contribution is -2.15. The number of aromatic nitrogens is 4. The highest BCUT2D eigenvalue weighted by molar-refractivity contribution is 6.19. The van der Waals surface area contributed by atoms with E-state index < -0.39 is 0 Å². The van der Waals surface area contributed by atoms with E-state index >= 15 is 0 Å². The van der Waals surface area contributed by atoms with Gasteiger partial charge in [0.2, 0.25) is 5.95 Å². The highest BCUT2D eigenvalue weighted by Crippen LogP contribution is 2.54. The predicted molar refractivity (Wildman–Crippen MR) is 257 cm³/mol. The van der Waals surface area contributed by atoms with Crippen molar-refractivity contribution >= 4 is 43.6 Å². The molecule has 0 bridgehead atoms. The van der Waals surface area contributed by atoms with Crippen molar-refractivity contribution in [3.63, 3.8) is 0 Å². The van der Waals surface area contributed by atoms with Gasteiger partial charge in [-0.1, -0.05) is 143 Å². The van der Waals surface area contributed by atoms with Crippen molar-refractivity contribution in [2.45, 2.75) is 38.5 Å². The number of fused-ring (bicyclic) bond motifs is 13. The third-order valence-electron chi connectivity index (χ3n) is 14.2. The lowest BCUT2D eigenvalue weighted by Gasteiger charge is -2.21. The number of para-hydroxylation sites is 2. The Hall–Kier alpha value is -7.56. The minimum atomic E-state index is -0.0913. The smallest absolute Gasteiger partial charge is 0.235 e. The minimum Gasteiger partial charge on any atom is -0.309 e. The summed E-state index contributed by atoms with van der Waals surface area (Å²) in [6.45, 7) is 9.38. The highest BCUT2D eigenvalue weighted by Gasteiger charge is 2.38. The third kappa shape index (κ3) is 4.72. The highest BCUT2D eigenvalue weighted by atomic mass is 15.2. The van der Waals surface area contributed by atoms with Gasteiger partial charge in [-0.15, -0.1) is 0 Å². The summed E-state index contributed by atoms with van der Waals surface area (Å²) < 4.78 is 4.67. The van der Waals surface area contributed by atoms with E-state index in [2.05, 4.69) is 207 Å². The second-order valence-corrected chi connectivity index (χ2v) is 18.2. The van der Waals surface area contributed by atoms with Crippen LogP contribution in [0, 0.1) is 0 Å². The molecule has 11 aromatic rings. The van der Waals surface area contributed by atoms with Crippen LogP contribution in [0.4, 0.5) is 0 Å². The van der Waals surface area contributed by atoms with Crippen LogP contribution in [-0.2, 0) is 10.8 Å². The van der Waals surface area contributed by atoms with Gasteiger partial charge in [0.25, 0.3) is 0 Å². The molecule has 13 rings (SSSR count). The molecule has 0 spiro atoms. The van der Waals surface area contributed by atoms with Crippen molar-refractivity contribution in [2.24, 2.45) is 0 Å². The Kier molecular flexibility index (Phi) is 7.10. The molecule has 0 N–H and O–H groups in total. The molecule has 0 amide bonds. The van der Waals surface area contributed by atoms with Gasteiger partial charge in [0, 0.05) is 49.8 Å². The molecule has 0 radical (unpaired) electrons. The molecule has 4 nitrogen and oxygen atoms in total. The number of hydrogen-bond acceptors (Lipinski definition) is 2. The Morgan fingerprint density at radius 1 is 0.403 bits per heavy atom. The molecule has 62 heavy (non-hydrogen) atoms. The van der Waals surface area contributed by atoms with Gasteiger partial charge in [-0.2, -0.15) is 0 Å². The Bertz CT molecular complexity index is 3690. The van der Waals surface area contributed by atoms with E-state index in [-0.39, 0.29) is 10.8 Å². The van der Waals surface area contributed by atoms with Gasteiger partial charge in [0.1, 0.15) is 0 Å². The maximum absolute atomic E-state index is 5.28. The Balaban J connectivity index is 0.973. The van der Waals surface area contributed by atoms with Crippen LogP contribution in [-0.4, -0.2) is 19.1 Å². The van der Waals surface area contributed by atoms with E-state index in [1.54, 1.807) is 0 Å². The number of rotatable bonds is 4. The lowest BCUT2D eigenvalue weighted by molar-refractivity contribution is 0.660. The molecule has 3 heterocycles. The van der Waals surface area contributed by atoms with Crippen LogP contribution in [0.3, 0.4) is 0 Å². The molecule has 4 heteroatoms. The van der Waals surface area contributed by atoms with Crippen LogP contribution in [0.1, 0.15) is 49.9 Å². The van der Waals surface area contributed by atoms with Crippen LogP contribution in [0.15, 0.2) is 182 Å². The summed E-state index contributed by atoms with van der Waals surface area (Å²) in [5.41, 5.74) is 20.7. The average molecular weight is 795 g/mol. The summed E-state index contributed by atoms with van der Waals surface area (Å²) in [5.74, 6) is 0.664. The zero-order valence-corrected chi connectivity index (χ0v) is 35.1. The second-order valence-electron chi connectivity index (χ2n) is 18.2. The minimum absolute atomic E-state index is 0.0891. The fourth-order valence-electron chi connectivity index (χ4n) is 11.2. The molecule has 0 saturated carbocycles. The first-order valence-corrected chi connectivity index (χ1v) is 21.7. The first-order valence-electron chi connectivity index (χ1n) is 21.7. The van der Waals surface area contributed by atoms with Crippen LogP contribution >= 0.6 is 0 Å². The van der Waals surface area contributed by atoms with Crippen LogP contribution in [0.25, 0.3) is 99.9 Å². The van der Waals surface area contributed by atoms with Crippen molar-refractivity contribution in [1.29, 1.82) is 0 Å². The first kappa shape index (κ1) is 35.2. The summed E-state index contributed by atoms with van der Waals surface area (Å²) in [4.78, 5) is 10.2. The van der Waals surface area contributed by atoms with Crippen LogP contribution in [0.5, 0.6) is 0 Å². The van der Waals surface area contributed by atoms with Crippen molar-refractivity contribution in [2.75, 3.05) is 0 Å². The fourth-order valence-corrected chi connectivity index (χ4v) is 11.2. The van der Waals surface area contributed by atoms with E-state index in [0.717, 1.165) is 28.0 Å². The molecule has 3 aromatic heterocycles. The van der Waals surface area contributed by atoms with Crippen molar-refractivity contribution in [3.05, 3.63) is 204 Å². The largest absolute Gasteiger partial charge is 0.309 e. The van der Waals surface area contributed by atoms with E-state index in [1.807, 2.05) is 12.3 Å². The molecule has 8 aromatic carbocycles. The lowest BCUT2D eigenvalue weighted by atomic mass is 9.82. The molecule has 2 aliphatic rings. The fraction of sp³-hybridized carbons (Fsp3) is 0.103. The summed E-state index contributed by atoms with van der Waals surface area (Å²) in [7, 11) is 0. The van der Waals surface area contributed by atoms with E-state index in [9.17, 15) is 0 Å². The van der Waals surface area contributed by atoms with Gasteiger partial charge in [0.05, 0.1) is 27.8 Å². The van der Waals surface area contributed by atoms with Crippen molar-refractivity contribution < 1.29 is 0 Å². The topological polar surface area (TPSA) is 35.6 Å². The maximum atomic E-state index is 5.28. The molecule has 294 valence electrons. The number of benzene rings is 8. The van der Waals surface area contributed by atoms with Crippen LogP contribution in [0.2, 0.25) is 0 Å². The normalized spacial score (nSPS) is 14.4. The summed E-state index contributed by atoms with van der Waals surface area (Å²) in [5, 5.41) is 4.92. The molecule has 0 saturated heterocycles. The zero-order chi connectivity index (χ0) is 41.5. The Labute approximate surface area is 360 Å². The summed E-state index contributed by atoms with van der Waals surface area (Å²) in [6.07, 6.45) is 1.90. The van der Waals surface area contributed by atoms with E-state index in [1.165, 1.54) is 88.2 Å². The molecule has 0 fully saturated rings. The zero-order valence-electron chi connectivity index (χ0n) is 35.1. The quantitative estimate of drug-likeness (QED) is 0.178. The third-order valence-corrected chi connectivity index (χ3v) is 14.2. The van der Waals surface area contributed by atoms with Gasteiger partial charge in [-0.05, 0) is 116 Å². The van der Waals surface area contributed by atoms with Crippen molar-refractivity contribution in [1.82, 2.24) is 19.1 Å². The van der Waals surface area contributed by atoms with E-state index in [0.29, 0.717) is 5.95 Å². The second kappa shape index (κ2) is 12.5. The SMILES string of the molecule is CC1(C)c2ccccc2-c2ccc(-c3ccnc(-n4c5ccccc5c5cc(-c6ccc7c(c6)c6c8c(ccc6n7-c6ccccc6)C(C)(C)c6ccccc6-8)ccc54)n3)cc21. The standard InChI is InChI=1S/C58H42N4/c1-57(2)46-20-12-9-18-42(46)54-47(57)26-29-53-55(54)44-33-36(24-28-52(44)61(53)38-14-6-5-7-15-38)35-23-27-51-43(32-35)41-17-10-13-21-50(41)62(51)56-59-31-30-49(60-56)37-22-25-40-39-16-8-11-19-45(39)58(3,4)48(40)34-37/h5-34H,1-4H3. The van der Waals surface area contributed by atoms with Gasteiger partial charge in [-0.3, -0.25) is 4.57 Å². The summed E-state index contributed by atoms with van der Waals surface area (Å²) in [6, 6.07) is 64.7. The Morgan fingerprint density at radius 3 is 1.81 bits per heavy atom. The van der Waals surface area contributed by atoms with Crippen molar-refractivity contribution in [3.8, 4) is 56.3 Å². The van der Waals surface area contributed by atoms with Crippen LogP contribution < -0.4 is 0 Å².